The first-order chi connectivity index (χ1) is 8.27. The van der Waals surface area contributed by atoms with Crippen molar-refractivity contribution in [3.63, 3.8) is 0 Å². The maximum atomic E-state index is 11.7. The molecule has 1 saturated heterocycles. The number of amides is 1. The minimum absolute atomic E-state index is 0.0891. The van der Waals surface area contributed by atoms with Gasteiger partial charge >= 0.3 is 0 Å². The van der Waals surface area contributed by atoms with Crippen molar-refractivity contribution in [2.75, 3.05) is 6.54 Å². The van der Waals surface area contributed by atoms with Gasteiger partial charge in [-0.25, -0.2) is 0 Å². The summed E-state index contributed by atoms with van der Waals surface area (Å²) in [5.41, 5.74) is 1.03. The van der Waals surface area contributed by atoms with E-state index in [9.17, 15) is 4.79 Å². The van der Waals surface area contributed by atoms with Gasteiger partial charge in [0.05, 0.1) is 6.04 Å². The smallest absolute Gasteiger partial charge is 0.237 e. The molecule has 1 heterocycles. The number of carbonyl (C=O) groups excluding carboxylic acids is 1. The third-order valence-electron chi connectivity index (χ3n) is 3.03. The molecule has 3 nitrogen and oxygen atoms in total. The highest BCUT2D eigenvalue weighted by Crippen LogP contribution is 2.15. The van der Waals surface area contributed by atoms with Crippen LogP contribution in [0.2, 0.25) is 5.02 Å². The summed E-state index contributed by atoms with van der Waals surface area (Å²) in [6.07, 6.45) is 3.05. The zero-order valence-electron chi connectivity index (χ0n) is 9.71. The number of benzene rings is 1. The van der Waals surface area contributed by atoms with E-state index in [0.29, 0.717) is 6.54 Å². The van der Waals surface area contributed by atoms with Crippen molar-refractivity contribution < 1.29 is 4.79 Å². The summed E-state index contributed by atoms with van der Waals surface area (Å²) in [6, 6.07) is 7.62. The van der Waals surface area contributed by atoms with Crippen LogP contribution in [0, 0.1) is 0 Å². The normalized spacial score (nSPS) is 20.8. The highest BCUT2D eigenvalue weighted by Gasteiger charge is 2.19. The Bertz CT molecular complexity index is 395. The van der Waals surface area contributed by atoms with E-state index in [2.05, 4.69) is 10.6 Å². The van der Waals surface area contributed by atoms with Gasteiger partial charge in [-0.05, 0) is 30.9 Å². The fourth-order valence-electron chi connectivity index (χ4n) is 2.01. The lowest BCUT2D eigenvalue weighted by molar-refractivity contribution is -0.122. The Labute approximate surface area is 107 Å². The third kappa shape index (κ3) is 3.45. The van der Waals surface area contributed by atoms with Crippen LogP contribution >= 0.6 is 11.6 Å². The molecule has 1 atom stereocenters. The Balaban J connectivity index is 1.93. The van der Waals surface area contributed by atoms with Gasteiger partial charge in [-0.15, -0.1) is 0 Å². The number of carbonyl (C=O) groups is 1. The molecule has 1 aromatic carbocycles. The molecule has 17 heavy (non-hydrogen) atoms. The van der Waals surface area contributed by atoms with Crippen LogP contribution in [0.1, 0.15) is 24.8 Å². The van der Waals surface area contributed by atoms with Crippen molar-refractivity contribution in [2.45, 2.75) is 31.8 Å². The molecule has 2 N–H and O–H groups in total. The van der Waals surface area contributed by atoms with Crippen LogP contribution in [0.25, 0.3) is 0 Å². The fraction of sp³-hybridized carbons (Fsp3) is 0.462. The standard InChI is InChI=1S/C13H17ClN2O/c14-11-6-2-1-5-10(11)9-16-12-7-3-4-8-15-13(12)17/h1-2,5-6,12,16H,3-4,7-9H2,(H,15,17). The molecule has 0 bridgehead atoms. The highest BCUT2D eigenvalue weighted by atomic mass is 35.5. The van der Waals surface area contributed by atoms with Crippen molar-refractivity contribution in [1.82, 2.24) is 10.6 Å². The lowest BCUT2D eigenvalue weighted by atomic mass is 10.1. The minimum atomic E-state index is -0.0891. The van der Waals surface area contributed by atoms with Gasteiger partial charge in [0.15, 0.2) is 0 Å². The summed E-state index contributed by atoms with van der Waals surface area (Å²) < 4.78 is 0. The molecule has 0 aliphatic carbocycles. The third-order valence-corrected chi connectivity index (χ3v) is 3.40. The van der Waals surface area contributed by atoms with Crippen LogP contribution in [-0.4, -0.2) is 18.5 Å². The number of hydrogen-bond acceptors (Lipinski definition) is 2. The molecule has 0 aromatic heterocycles. The van der Waals surface area contributed by atoms with Crippen molar-refractivity contribution in [3.05, 3.63) is 34.9 Å². The number of rotatable bonds is 3. The largest absolute Gasteiger partial charge is 0.355 e. The first-order valence-electron chi connectivity index (χ1n) is 6.02. The first kappa shape index (κ1) is 12.4. The van der Waals surface area contributed by atoms with Crippen LogP contribution in [-0.2, 0) is 11.3 Å². The van der Waals surface area contributed by atoms with Gasteiger partial charge in [0.2, 0.25) is 5.91 Å². The first-order valence-corrected chi connectivity index (χ1v) is 6.39. The van der Waals surface area contributed by atoms with E-state index in [1.165, 1.54) is 0 Å². The van der Waals surface area contributed by atoms with Crippen LogP contribution < -0.4 is 10.6 Å². The lowest BCUT2D eigenvalue weighted by Gasteiger charge is -2.15. The monoisotopic (exact) mass is 252 g/mol. The average Bonchev–Trinajstić information content (AvgIpc) is 2.53. The predicted molar refractivity (Wildman–Crippen MR) is 68.9 cm³/mol. The predicted octanol–water partition coefficient (Wildman–Crippen LogP) is 2.10. The lowest BCUT2D eigenvalue weighted by Crippen LogP contribution is -2.42. The quantitative estimate of drug-likeness (QED) is 0.865. The zero-order valence-corrected chi connectivity index (χ0v) is 10.5. The summed E-state index contributed by atoms with van der Waals surface area (Å²) in [5.74, 6) is 0.106. The van der Waals surface area contributed by atoms with Crippen LogP contribution in [0.5, 0.6) is 0 Å². The van der Waals surface area contributed by atoms with Gasteiger partial charge < -0.3 is 10.6 Å². The summed E-state index contributed by atoms with van der Waals surface area (Å²) >= 11 is 6.07. The van der Waals surface area contributed by atoms with Crippen LogP contribution in [0.15, 0.2) is 24.3 Å². The van der Waals surface area contributed by atoms with E-state index in [-0.39, 0.29) is 11.9 Å². The van der Waals surface area contributed by atoms with Crippen LogP contribution in [0.4, 0.5) is 0 Å². The van der Waals surface area contributed by atoms with Gasteiger partial charge in [0.25, 0.3) is 0 Å². The molecule has 1 aromatic rings. The maximum Gasteiger partial charge on any atom is 0.237 e. The minimum Gasteiger partial charge on any atom is -0.355 e. The van der Waals surface area contributed by atoms with E-state index in [1.807, 2.05) is 24.3 Å². The second-order valence-corrected chi connectivity index (χ2v) is 4.72. The summed E-state index contributed by atoms with van der Waals surface area (Å²) in [7, 11) is 0. The number of nitrogens with one attached hydrogen (secondary N) is 2. The summed E-state index contributed by atoms with van der Waals surface area (Å²) in [5, 5.41) is 6.93. The van der Waals surface area contributed by atoms with Gasteiger partial charge in [-0.3, -0.25) is 4.79 Å². The molecule has 1 amide bonds. The van der Waals surface area contributed by atoms with Crippen molar-refractivity contribution >= 4 is 17.5 Å². The molecule has 1 fully saturated rings. The molecule has 92 valence electrons. The van der Waals surface area contributed by atoms with Gasteiger partial charge in [-0.2, -0.15) is 0 Å². The summed E-state index contributed by atoms with van der Waals surface area (Å²) in [4.78, 5) is 11.7. The van der Waals surface area contributed by atoms with Gasteiger partial charge in [0.1, 0.15) is 0 Å². The second-order valence-electron chi connectivity index (χ2n) is 4.31. The topological polar surface area (TPSA) is 41.1 Å². The Morgan fingerprint density at radius 2 is 2.18 bits per heavy atom. The molecular formula is C13H17ClN2O. The van der Waals surface area contributed by atoms with Crippen molar-refractivity contribution in [1.29, 1.82) is 0 Å². The van der Waals surface area contributed by atoms with E-state index in [4.69, 9.17) is 11.6 Å². The molecule has 0 spiro atoms. The van der Waals surface area contributed by atoms with E-state index in [0.717, 1.165) is 36.4 Å². The van der Waals surface area contributed by atoms with Gasteiger partial charge in [-0.1, -0.05) is 29.8 Å². The summed E-state index contributed by atoms with van der Waals surface area (Å²) in [6.45, 7) is 1.43. The molecule has 1 unspecified atom stereocenters. The zero-order chi connectivity index (χ0) is 12.1. The molecule has 2 rings (SSSR count). The molecule has 4 heteroatoms. The van der Waals surface area contributed by atoms with Gasteiger partial charge in [0, 0.05) is 18.1 Å². The maximum absolute atomic E-state index is 11.7. The Kier molecular flexibility index (Phi) is 4.40. The average molecular weight is 253 g/mol. The Morgan fingerprint density at radius 3 is 3.00 bits per heavy atom. The number of hydrogen-bond donors (Lipinski definition) is 2. The Hall–Kier alpha value is -1.06. The highest BCUT2D eigenvalue weighted by molar-refractivity contribution is 6.31. The van der Waals surface area contributed by atoms with Crippen LogP contribution in [0.3, 0.4) is 0 Å². The van der Waals surface area contributed by atoms with E-state index < -0.39 is 0 Å². The number of halogens is 1. The molecular weight excluding hydrogens is 236 g/mol. The molecule has 0 saturated carbocycles. The fourth-order valence-corrected chi connectivity index (χ4v) is 2.21. The van der Waals surface area contributed by atoms with Crippen molar-refractivity contribution in [3.8, 4) is 0 Å². The molecule has 0 radical (unpaired) electrons. The molecule has 1 aliphatic rings. The molecule has 1 aliphatic heterocycles. The SMILES string of the molecule is O=C1NCCCCC1NCc1ccccc1Cl. The van der Waals surface area contributed by atoms with E-state index >= 15 is 0 Å². The van der Waals surface area contributed by atoms with E-state index in [1.54, 1.807) is 0 Å². The van der Waals surface area contributed by atoms with Crippen molar-refractivity contribution in [2.24, 2.45) is 0 Å². The Morgan fingerprint density at radius 1 is 1.35 bits per heavy atom. The second kappa shape index (κ2) is 6.03.